The Labute approximate surface area is 116 Å². The molecule has 6 nitrogen and oxygen atoms in total. The molecule has 1 aliphatic heterocycles. The van der Waals surface area contributed by atoms with Gasteiger partial charge in [0.25, 0.3) is 0 Å². The van der Waals surface area contributed by atoms with E-state index in [2.05, 4.69) is 20.9 Å². The van der Waals surface area contributed by atoms with E-state index in [1.807, 2.05) is 13.0 Å². The van der Waals surface area contributed by atoms with Gasteiger partial charge in [0, 0.05) is 18.8 Å². The van der Waals surface area contributed by atoms with Crippen LogP contribution in [-0.2, 0) is 16.0 Å². The second kappa shape index (κ2) is 5.13. The van der Waals surface area contributed by atoms with E-state index in [1.165, 1.54) is 0 Å². The number of rotatable bonds is 3. The maximum absolute atomic E-state index is 10.8. The zero-order valence-electron chi connectivity index (χ0n) is 11.3. The van der Waals surface area contributed by atoms with Crippen LogP contribution in [0.2, 0.25) is 0 Å². The van der Waals surface area contributed by atoms with E-state index in [-0.39, 0.29) is 6.42 Å². The lowest BCUT2D eigenvalue weighted by molar-refractivity contribution is -0.136. The number of hydrogen-bond donors (Lipinski definition) is 2. The minimum Gasteiger partial charge on any atom is -0.481 e. The molecular formula is C14H17N3O3. The van der Waals surface area contributed by atoms with Gasteiger partial charge in [-0.1, -0.05) is 0 Å². The van der Waals surface area contributed by atoms with Crippen LogP contribution in [-0.4, -0.2) is 47.3 Å². The summed E-state index contributed by atoms with van der Waals surface area (Å²) in [5.41, 5.74) is 3.92. The fourth-order valence-electron chi connectivity index (χ4n) is 2.55. The number of carbonyl (C=O) groups is 1. The third kappa shape index (κ3) is 2.46. The Morgan fingerprint density at radius 3 is 2.90 bits per heavy atom. The van der Waals surface area contributed by atoms with Crippen molar-refractivity contribution in [2.24, 2.45) is 0 Å². The summed E-state index contributed by atoms with van der Waals surface area (Å²) in [7, 11) is 0. The molecule has 0 atom stereocenters. The van der Waals surface area contributed by atoms with Gasteiger partial charge in [0.1, 0.15) is 12.2 Å². The molecule has 0 unspecified atom stereocenters. The summed E-state index contributed by atoms with van der Waals surface area (Å²) < 4.78 is 5.36. The first-order valence-corrected chi connectivity index (χ1v) is 6.67. The van der Waals surface area contributed by atoms with Crippen LogP contribution >= 0.6 is 0 Å². The SMILES string of the molecule is Cc1cc(N2CCOCC2)cc2[nH]c(CC(=O)O)nc12. The second-order valence-electron chi connectivity index (χ2n) is 5.01. The summed E-state index contributed by atoms with van der Waals surface area (Å²) in [5, 5.41) is 8.84. The van der Waals surface area contributed by atoms with Crippen LogP contribution in [0.5, 0.6) is 0 Å². The van der Waals surface area contributed by atoms with E-state index in [0.29, 0.717) is 5.82 Å². The quantitative estimate of drug-likeness (QED) is 0.883. The topological polar surface area (TPSA) is 78.5 Å². The second-order valence-corrected chi connectivity index (χ2v) is 5.01. The van der Waals surface area contributed by atoms with Crippen LogP contribution < -0.4 is 4.90 Å². The van der Waals surface area contributed by atoms with E-state index in [0.717, 1.165) is 48.6 Å². The van der Waals surface area contributed by atoms with Gasteiger partial charge >= 0.3 is 5.97 Å². The molecule has 6 heteroatoms. The molecule has 0 radical (unpaired) electrons. The van der Waals surface area contributed by atoms with Gasteiger partial charge in [-0.25, -0.2) is 4.98 Å². The molecular weight excluding hydrogens is 258 g/mol. The number of aromatic amines is 1. The molecule has 1 saturated heterocycles. The van der Waals surface area contributed by atoms with Crippen LogP contribution in [0.4, 0.5) is 5.69 Å². The third-order valence-electron chi connectivity index (χ3n) is 3.51. The van der Waals surface area contributed by atoms with E-state index < -0.39 is 5.97 Å². The maximum Gasteiger partial charge on any atom is 0.311 e. The highest BCUT2D eigenvalue weighted by Gasteiger charge is 2.15. The minimum atomic E-state index is -0.880. The lowest BCUT2D eigenvalue weighted by Gasteiger charge is -2.29. The van der Waals surface area contributed by atoms with E-state index in [4.69, 9.17) is 9.84 Å². The zero-order chi connectivity index (χ0) is 14.1. The Hall–Kier alpha value is -2.08. The number of aromatic nitrogens is 2. The molecule has 0 aliphatic carbocycles. The summed E-state index contributed by atoms with van der Waals surface area (Å²) >= 11 is 0. The molecule has 1 aromatic heterocycles. The molecule has 0 bridgehead atoms. The molecule has 1 fully saturated rings. The molecule has 0 spiro atoms. The Morgan fingerprint density at radius 2 is 2.20 bits per heavy atom. The number of imidazole rings is 1. The number of anilines is 1. The van der Waals surface area contributed by atoms with Crippen molar-refractivity contribution in [1.82, 2.24) is 9.97 Å². The Morgan fingerprint density at radius 1 is 1.45 bits per heavy atom. The number of nitrogens with zero attached hydrogens (tertiary/aromatic N) is 2. The molecule has 2 N–H and O–H groups in total. The largest absolute Gasteiger partial charge is 0.481 e. The molecule has 2 aromatic rings. The predicted octanol–water partition coefficient (Wildman–Crippen LogP) is 1.34. The number of nitrogens with one attached hydrogen (secondary N) is 1. The molecule has 1 aliphatic rings. The first kappa shape index (κ1) is 12.9. The zero-order valence-corrected chi connectivity index (χ0v) is 11.3. The number of benzene rings is 1. The number of fused-ring (bicyclic) bond motifs is 1. The van der Waals surface area contributed by atoms with Crippen molar-refractivity contribution >= 4 is 22.7 Å². The number of aliphatic carboxylic acids is 1. The molecule has 20 heavy (non-hydrogen) atoms. The lowest BCUT2D eigenvalue weighted by atomic mass is 10.1. The van der Waals surface area contributed by atoms with E-state index in [1.54, 1.807) is 0 Å². The predicted molar refractivity (Wildman–Crippen MR) is 75.2 cm³/mol. The fraction of sp³-hybridized carbons (Fsp3) is 0.429. The minimum absolute atomic E-state index is 0.0823. The average Bonchev–Trinajstić information content (AvgIpc) is 2.82. The summed E-state index contributed by atoms with van der Waals surface area (Å²) in [6, 6.07) is 4.13. The normalized spacial score (nSPS) is 15.8. The number of morpholine rings is 1. The number of hydrogen-bond acceptors (Lipinski definition) is 4. The summed E-state index contributed by atoms with van der Waals surface area (Å²) in [6.07, 6.45) is -0.0823. The average molecular weight is 275 g/mol. The Balaban J connectivity index is 1.97. The van der Waals surface area contributed by atoms with Gasteiger partial charge in [-0.15, -0.1) is 0 Å². The maximum atomic E-state index is 10.8. The highest BCUT2D eigenvalue weighted by molar-refractivity contribution is 5.84. The van der Waals surface area contributed by atoms with Gasteiger partial charge in [-0.2, -0.15) is 0 Å². The Bertz CT molecular complexity index is 644. The number of H-pyrrole nitrogens is 1. The van der Waals surface area contributed by atoms with Crippen LogP contribution in [0, 0.1) is 6.92 Å². The van der Waals surface area contributed by atoms with Gasteiger partial charge < -0.3 is 19.7 Å². The number of aryl methyl sites for hydroxylation is 1. The fourth-order valence-corrected chi connectivity index (χ4v) is 2.55. The molecule has 106 valence electrons. The lowest BCUT2D eigenvalue weighted by Crippen LogP contribution is -2.36. The summed E-state index contributed by atoms with van der Waals surface area (Å²) in [5.74, 6) is -0.384. The van der Waals surface area contributed by atoms with Crippen LogP contribution in [0.15, 0.2) is 12.1 Å². The molecule has 0 saturated carbocycles. The number of carboxylic acids is 1. The van der Waals surface area contributed by atoms with Gasteiger partial charge in [-0.05, 0) is 24.6 Å². The third-order valence-corrected chi connectivity index (χ3v) is 3.51. The van der Waals surface area contributed by atoms with Crippen molar-refractivity contribution in [3.05, 3.63) is 23.5 Å². The summed E-state index contributed by atoms with van der Waals surface area (Å²) in [4.78, 5) is 20.5. The monoisotopic (exact) mass is 275 g/mol. The smallest absolute Gasteiger partial charge is 0.311 e. The van der Waals surface area contributed by atoms with Crippen molar-refractivity contribution in [1.29, 1.82) is 0 Å². The van der Waals surface area contributed by atoms with Crippen molar-refractivity contribution in [2.75, 3.05) is 31.2 Å². The van der Waals surface area contributed by atoms with E-state index in [9.17, 15) is 4.79 Å². The van der Waals surface area contributed by atoms with E-state index >= 15 is 0 Å². The standard InChI is InChI=1S/C14H17N3O3/c1-9-6-10(17-2-4-20-5-3-17)7-11-14(9)16-12(15-11)8-13(18)19/h6-7H,2-5,8H2,1H3,(H,15,16)(H,18,19). The first-order chi connectivity index (χ1) is 9.63. The molecule has 3 rings (SSSR count). The highest BCUT2D eigenvalue weighted by Crippen LogP contribution is 2.25. The van der Waals surface area contributed by atoms with Crippen molar-refractivity contribution < 1.29 is 14.6 Å². The number of carboxylic acid groups (broad SMARTS) is 1. The number of ether oxygens (including phenoxy) is 1. The van der Waals surface area contributed by atoms with Crippen LogP contribution in [0.1, 0.15) is 11.4 Å². The van der Waals surface area contributed by atoms with Crippen molar-refractivity contribution in [2.45, 2.75) is 13.3 Å². The van der Waals surface area contributed by atoms with Gasteiger partial charge in [0.15, 0.2) is 0 Å². The highest BCUT2D eigenvalue weighted by atomic mass is 16.5. The van der Waals surface area contributed by atoms with Gasteiger partial charge in [0.2, 0.25) is 0 Å². The van der Waals surface area contributed by atoms with Crippen LogP contribution in [0.25, 0.3) is 11.0 Å². The van der Waals surface area contributed by atoms with Crippen LogP contribution in [0.3, 0.4) is 0 Å². The van der Waals surface area contributed by atoms with Gasteiger partial charge in [-0.3, -0.25) is 4.79 Å². The molecule has 0 amide bonds. The van der Waals surface area contributed by atoms with Gasteiger partial charge in [0.05, 0.1) is 24.2 Å². The first-order valence-electron chi connectivity index (χ1n) is 6.67. The summed E-state index contributed by atoms with van der Waals surface area (Å²) in [6.45, 7) is 5.23. The Kier molecular flexibility index (Phi) is 3.31. The molecule has 1 aromatic carbocycles. The molecule has 2 heterocycles. The van der Waals surface area contributed by atoms with Crippen molar-refractivity contribution in [3.8, 4) is 0 Å². The van der Waals surface area contributed by atoms with Crippen molar-refractivity contribution in [3.63, 3.8) is 0 Å².